The molecule has 0 aromatic heterocycles. The molecule has 0 bridgehead atoms. The van der Waals surface area contributed by atoms with E-state index in [1.165, 1.54) is 4.40 Å². The number of benzene rings is 1. The summed E-state index contributed by atoms with van der Waals surface area (Å²) in [6, 6.07) is 10.5. The molecule has 0 N–H and O–H groups in total. The third kappa shape index (κ3) is 3.21. The van der Waals surface area contributed by atoms with Gasteiger partial charge in [-0.15, -0.1) is 0 Å². The van der Waals surface area contributed by atoms with Crippen LogP contribution in [0.15, 0.2) is 30.3 Å². The van der Waals surface area contributed by atoms with Gasteiger partial charge >= 0.3 is 83.7 Å². The Hall–Kier alpha value is 1.21. The second kappa shape index (κ2) is 5.05. The number of hydrogen-bond donors (Lipinski definition) is 0. The quantitative estimate of drug-likeness (QED) is 0.620. The van der Waals surface area contributed by atoms with E-state index >= 15 is 0 Å². The third-order valence-electron chi connectivity index (χ3n) is 1.49. The molecular weight excluding hydrogens is 406 g/mol. The van der Waals surface area contributed by atoms with Gasteiger partial charge in [0.05, 0.1) is 0 Å². The van der Waals surface area contributed by atoms with Crippen molar-refractivity contribution >= 4 is 31.6 Å². The van der Waals surface area contributed by atoms with Crippen LogP contribution < -0.4 is 4.40 Å². The molecule has 0 saturated carbocycles. The first-order valence-electron chi connectivity index (χ1n) is 3.29. The molecule has 11 heavy (non-hydrogen) atoms. The minimum atomic E-state index is -2.03. The topological polar surface area (TPSA) is 0 Å². The molecule has 0 aliphatic heterocycles. The average molecular weight is 414 g/mol. The van der Waals surface area contributed by atoms with Gasteiger partial charge in [0.1, 0.15) is 0 Å². The van der Waals surface area contributed by atoms with E-state index < -0.39 is 26.0 Å². The van der Waals surface area contributed by atoms with Gasteiger partial charge in [-0.05, 0) is 0 Å². The molecular formula is C7H8Cl2GeHf. The second-order valence-corrected chi connectivity index (χ2v) is 49.2. The zero-order valence-corrected chi connectivity index (χ0v) is 13.3. The fourth-order valence-corrected chi connectivity index (χ4v) is 19.2. The SMILES string of the molecule is [CH3][Ge]([c]1ccccc1)=[Hf]([Cl])[Cl]. The minimum absolute atomic E-state index is 1.15. The van der Waals surface area contributed by atoms with Gasteiger partial charge in [0.2, 0.25) is 0 Å². The van der Waals surface area contributed by atoms with E-state index in [4.69, 9.17) is 17.2 Å². The molecule has 0 fully saturated rings. The Morgan fingerprint density at radius 3 is 2.18 bits per heavy atom. The van der Waals surface area contributed by atoms with Crippen molar-refractivity contribution in [3.8, 4) is 0 Å². The van der Waals surface area contributed by atoms with E-state index in [2.05, 4.69) is 30.0 Å². The molecule has 1 aromatic carbocycles. The summed E-state index contributed by atoms with van der Waals surface area (Å²) in [6.07, 6.45) is 0. The van der Waals surface area contributed by atoms with Crippen molar-refractivity contribution in [3.05, 3.63) is 30.3 Å². The molecule has 1 aromatic rings. The summed E-state index contributed by atoms with van der Waals surface area (Å²) in [6.45, 7) is 0. The first-order valence-corrected chi connectivity index (χ1v) is 25.7. The van der Waals surface area contributed by atoms with Gasteiger partial charge < -0.3 is 0 Å². The Kier molecular flexibility index (Phi) is 4.73. The Balaban J connectivity index is 3.04. The molecule has 0 aliphatic carbocycles. The summed E-state index contributed by atoms with van der Waals surface area (Å²) in [5, 5.41) is 0. The maximum absolute atomic E-state index is 6.02. The van der Waals surface area contributed by atoms with Crippen LogP contribution in [0, 0.1) is 0 Å². The zero-order valence-electron chi connectivity index (χ0n) is 6.14. The summed E-state index contributed by atoms with van der Waals surface area (Å²) in [5.74, 6) is 2.28. The Morgan fingerprint density at radius 2 is 1.73 bits per heavy atom. The van der Waals surface area contributed by atoms with E-state index in [-0.39, 0.29) is 0 Å². The van der Waals surface area contributed by atoms with Crippen molar-refractivity contribution in [2.75, 3.05) is 0 Å². The van der Waals surface area contributed by atoms with Crippen molar-refractivity contribution in [1.82, 2.24) is 0 Å². The van der Waals surface area contributed by atoms with Crippen LogP contribution in [0.2, 0.25) is 5.76 Å². The van der Waals surface area contributed by atoms with E-state index in [9.17, 15) is 0 Å². The summed E-state index contributed by atoms with van der Waals surface area (Å²) in [7, 11) is 10.9. The molecule has 4 heteroatoms. The monoisotopic (exact) mass is 416 g/mol. The van der Waals surface area contributed by atoms with Crippen LogP contribution in [-0.2, 0) is 16.0 Å². The maximum atomic E-state index is 6.02. The molecule has 0 spiro atoms. The van der Waals surface area contributed by atoms with Gasteiger partial charge in [-0.3, -0.25) is 0 Å². The summed E-state index contributed by atoms with van der Waals surface area (Å²) < 4.78 is 1.44. The third-order valence-corrected chi connectivity index (χ3v) is 45.3. The molecule has 0 nitrogen and oxygen atoms in total. The van der Waals surface area contributed by atoms with Crippen LogP contribution in [0.1, 0.15) is 0 Å². The van der Waals surface area contributed by atoms with Crippen LogP contribution in [0.5, 0.6) is 0 Å². The first-order chi connectivity index (χ1) is 5.22. The second-order valence-electron chi connectivity index (χ2n) is 2.25. The predicted molar refractivity (Wildman–Crippen MR) is 49.4 cm³/mol. The molecule has 1 rings (SSSR count). The average Bonchev–Trinajstić information content (AvgIpc) is 2.05. The van der Waals surface area contributed by atoms with Gasteiger partial charge in [-0.1, -0.05) is 0 Å². The number of halogens is 2. The van der Waals surface area contributed by atoms with Crippen LogP contribution in [0.4, 0.5) is 0 Å². The van der Waals surface area contributed by atoms with Gasteiger partial charge in [-0.25, -0.2) is 0 Å². The van der Waals surface area contributed by atoms with Gasteiger partial charge in [-0.2, -0.15) is 0 Å². The van der Waals surface area contributed by atoms with Gasteiger partial charge in [0, 0.05) is 0 Å². The zero-order chi connectivity index (χ0) is 8.27. The normalized spacial score (nSPS) is 9.36. The van der Waals surface area contributed by atoms with Gasteiger partial charge in [0.25, 0.3) is 0 Å². The molecule has 0 aliphatic rings. The van der Waals surface area contributed by atoms with Crippen molar-refractivity contribution in [1.29, 1.82) is 0 Å². The van der Waals surface area contributed by atoms with E-state index in [0.717, 1.165) is 0 Å². The van der Waals surface area contributed by atoms with E-state index in [1.54, 1.807) is 0 Å². The standard InChI is InChI=1S/C7H8Ge.2ClH.Hf/c1-8-7-5-3-2-4-6-7;;;/h2-6H,1H3;2*1H;/q;;;+2/p-2. The Labute approximate surface area is 82.7 Å². The predicted octanol–water partition coefficient (Wildman–Crippen LogP) is 2.44. The summed E-state index contributed by atoms with van der Waals surface area (Å²) in [5.41, 5.74) is 0. The fourth-order valence-electron chi connectivity index (χ4n) is 0.797. The number of hydrogen-bond acceptors (Lipinski definition) is 0. The van der Waals surface area contributed by atoms with Crippen molar-refractivity contribution in [3.63, 3.8) is 0 Å². The van der Waals surface area contributed by atoms with Crippen LogP contribution in [-0.4, -0.2) is 10.1 Å². The Morgan fingerprint density at radius 1 is 1.18 bits per heavy atom. The first kappa shape index (κ1) is 10.3. The van der Waals surface area contributed by atoms with Crippen molar-refractivity contribution in [2.24, 2.45) is 0 Å². The van der Waals surface area contributed by atoms with Gasteiger partial charge in [0.15, 0.2) is 0 Å². The van der Waals surface area contributed by atoms with E-state index in [0.29, 0.717) is 0 Å². The molecule has 0 atom stereocenters. The van der Waals surface area contributed by atoms with Crippen LogP contribution in [0.3, 0.4) is 0 Å². The summed E-state index contributed by atoms with van der Waals surface area (Å²) >= 11 is -2.03. The molecule has 0 heterocycles. The fraction of sp³-hybridized carbons (Fsp3) is 0.143. The van der Waals surface area contributed by atoms with Crippen molar-refractivity contribution < 1.29 is 16.0 Å². The van der Waals surface area contributed by atoms with Crippen molar-refractivity contribution in [2.45, 2.75) is 5.76 Å². The van der Waals surface area contributed by atoms with Crippen LogP contribution >= 0.6 is 17.2 Å². The van der Waals surface area contributed by atoms with E-state index in [1.807, 2.05) is 6.07 Å². The molecule has 0 radical (unpaired) electrons. The number of rotatable bonds is 1. The molecule has 0 unspecified atom stereocenters. The van der Waals surface area contributed by atoms with Crippen LogP contribution in [0.25, 0.3) is 0 Å². The Bertz CT molecular complexity index is 267. The molecule has 0 amide bonds. The molecule has 0 saturated heterocycles. The summed E-state index contributed by atoms with van der Waals surface area (Å²) in [4.78, 5) is 0. The molecule has 58 valence electrons.